The van der Waals surface area contributed by atoms with E-state index in [-0.39, 0.29) is 29.0 Å². The minimum Gasteiger partial charge on any atom is -0.497 e. The van der Waals surface area contributed by atoms with Crippen molar-refractivity contribution in [3.63, 3.8) is 0 Å². The van der Waals surface area contributed by atoms with Gasteiger partial charge in [0.25, 0.3) is 0 Å². The van der Waals surface area contributed by atoms with Crippen molar-refractivity contribution in [1.82, 2.24) is 19.5 Å². The molecule has 0 N–H and O–H groups in total. The van der Waals surface area contributed by atoms with Crippen LogP contribution in [0, 0.1) is 17.2 Å². The zero-order valence-electron chi connectivity index (χ0n) is 18.6. The highest BCUT2D eigenvalue weighted by Crippen LogP contribution is 2.29. The largest absolute Gasteiger partial charge is 0.497 e. The Kier molecular flexibility index (Phi) is 7.54. The molecule has 0 aliphatic carbocycles. The number of fused-ring (bicyclic) bond motifs is 1. The van der Waals surface area contributed by atoms with Crippen LogP contribution in [0.15, 0.2) is 36.7 Å². The molecule has 0 spiro atoms. The normalized spacial score (nSPS) is 16.3. The van der Waals surface area contributed by atoms with Gasteiger partial charge in [-0.25, -0.2) is 4.52 Å². The van der Waals surface area contributed by atoms with Gasteiger partial charge in [0, 0.05) is 25.4 Å². The second kappa shape index (κ2) is 10.3. The fourth-order valence-electron chi connectivity index (χ4n) is 3.61. The third-order valence-electron chi connectivity index (χ3n) is 5.29. The molecular weight excluding hydrogens is 430 g/mol. The van der Waals surface area contributed by atoms with Crippen molar-refractivity contribution in [2.75, 3.05) is 13.7 Å². The maximum Gasteiger partial charge on any atom is 0.243 e. The summed E-state index contributed by atoms with van der Waals surface area (Å²) >= 11 is 6.07. The zero-order valence-corrected chi connectivity index (χ0v) is 19.3. The molecule has 8 nitrogen and oxygen atoms in total. The van der Waals surface area contributed by atoms with E-state index >= 15 is 0 Å². The van der Waals surface area contributed by atoms with E-state index in [1.54, 1.807) is 7.11 Å². The Morgan fingerprint density at radius 1 is 1.31 bits per heavy atom. The molecule has 1 fully saturated rings. The molecule has 3 heterocycles. The number of methoxy groups -OCH3 is 1. The molecular formula is C23H26ClN5O3. The van der Waals surface area contributed by atoms with E-state index in [4.69, 9.17) is 21.1 Å². The lowest BCUT2D eigenvalue weighted by Crippen LogP contribution is -2.29. The SMILES string of the molecule is CC.COc1ccc(CN2CC(C(C)Oc3nc(Cl)cn4ncc(C#N)c34)CC2=O)cc1. The predicted octanol–water partition coefficient (Wildman–Crippen LogP) is 4.11. The Bertz CT molecular complexity index is 1120. The minimum absolute atomic E-state index is 0.00922. The highest BCUT2D eigenvalue weighted by molar-refractivity contribution is 6.29. The van der Waals surface area contributed by atoms with Gasteiger partial charge in [0.2, 0.25) is 11.8 Å². The number of likely N-dealkylation sites (tertiary alicyclic amines) is 1. The monoisotopic (exact) mass is 455 g/mol. The maximum atomic E-state index is 12.5. The lowest BCUT2D eigenvalue weighted by atomic mass is 10.0. The summed E-state index contributed by atoms with van der Waals surface area (Å²) in [6.07, 6.45) is 3.05. The number of nitrogens with zero attached hydrogens (tertiary/aromatic N) is 5. The topological polar surface area (TPSA) is 92.8 Å². The van der Waals surface area contributed by atoms with Crippen molar-refractivity contribution in [3.05, 3.63) is 52.9 Å². The van der Waals surface area contributed by atoms with Crippen molar-refractivity contribution < 1.29 is 14.3 Å². The van der Waals surface area contributed by atoms with E-state index < -0.39 is 0 Å². The van der Waals surface area contributed by atoms with Crippen molar-refractivity contribution in [2.45, 2.75) is 39.8 Å². The van der Waals surface area contributed by atoms with Gasteiger partial charge in [0.1, 0.15) is 29.0 Å². The van der Waals surface area contributed by atoms with Crippen LogP contribution in [0.5, 0.6) is 11.6 Å². The van der Waals surface area contributed by atoms with Crippen LogP contribution in [0.1, 0.15) is 38.3 Å². The van der Waals surface area contributed by atoms with Crippen molar-refractivity contribution in [1.29, 1.82) is 5.26 Å². The molecule has 1 aliphatic heterocycles. The summed E-state index contributed by atoms with van der Waals surface area (Å²) in [5.41, 5.74) is 1.85. The molecule has 32 heavy (non-hydrogen) atoms. The molecule has 1 aliphatic rings. The maximum absolute atomic E-state index is 12.5. The fraction of sp³-hybridized carbons (Fsp3) is 0.391. The van der Waals surface area contributed by atoms with E-state index in [1.807, 2.05) is 49.9 Å². The molecule has 2 unspecified atom stereocenters. The van der Waals surface area contributed by atoms with Gasteiger partial charge in [-0.05, 0) is 24.6 Å². The number of amides is 1. The first-order valence-electron chi connectivity index (χ1n) is 10.5. The Labute approximate surface area is 192 Å². The van der Waals surface area contributed by atoms with Gasteiger partial charge in [-0.3, -0.25) is 4.79 Å². The number of aromatic nitrogens is 3. The van der Waals surface area contributed by atoms with E-state index in [2.05, 4.69) is 16.2 Å². The first-order chi connectivity index (χ1) is 15.5. The molecule has 168 valence electrons. The number of nitriles is 1. The van der Waals surface area contributed by atoms with Gasteiger partial charge >= 0.3 is 0 Å². The molecule has 9 heteroatoms. The summed E-state index contributed by atoms with van der Waals surface area (Å²) in [5.74, 6) is 1.09. The van der Waals surface area contributed by atoms with Gasteiger partial charge in [-0.1, -0.05) is 37.6 Å². The van der Waals surface area contributed by atoms with Gasteiger partial charge in [-0.2, -0.15) is 15.3 Å². The van der Waals surface area contributed by atoms with Crippen LogP contribution in [0.4, 0.5) is 0 Å². The molecule has 4 rings (SSSR count). The Hall–Kier alpha value is -3.31. The molecule has 3 aromatic rings. The van der Waals surface area contributed by atoms with Crippen LogP contribution in [0.3, 0.4) is 0 Å². The third-order valence-corrected chi connectivity index (χ3v) is 5.48. The summed E-state index contributed by atoms with van der Waals surface area (Å²) in [5, 5.41) is 13.7. The highest BCUT2D eigenvalue weighted by atomic mass is 35.5. The van der Waals surface area contributed by atoms with Crippen LogP contribution < -0.4 is 9.47 Å². The first-order valence-corrected chi connectivity index (χ1v) is 10.9. The van der Waals surface area contributed by atoms with Gasteiger partial charge < -0.3 is 14.4 Å². The molecule has 2 atom stereocenters. The molecule has 0 bridgehead atoms. The van der Waals surface area contributed by atoms with Crippen molar-refractivity contribution in [2.24, 2.45) is 5.92 Å². The summed E-state index contributed by atoms with van der Waals surface area (Å²) in [4.78, 5) is 18.6. The summed E-state index contributed by atoms with van der Waals surface area (Å²) in [6, 6.07) is 9.76. The summed E-state index contributed by atoms with van der Waals surface area (Å²) in [6.45, 7) is 7.01. The Morgan fingerprint density at radius 2 is 2.03 bits per heavy atom. The number of rotatable bonds is 6. The minimum atomic E-state index is -0.300. The summed E-state index contributed by atoms with van der Waals surface area (Å²) < 4.78 is 12.7. The van der Waals surface area contributed by atoms with Crippen LogP contribution in [-0.4, -0.2) is 45.2 Å². The Morgan fingerprint density at radius 3 is 2.69 bits per heavy atom. The first kappa shape index (κ1) is 23.4. The van der Waals surface area contributed by atoms with E-state index in [0.717, 1.165) is 11.3 Å². The van der Waals surface area contributed by atoms with Gasteiger partial charge in [0.15, 0.2) is 5.15 Å². The van der Waals surface area contributed by atoms with E-state index in [1.165, 1.54) is 16.9 Å². The second-order valence-electron chi connectivity index (χ2n) is 7.24. The van der Waals surface area contributed by atoms with Gasteiger partial charge in [-0.15, -0.1) is 0 Å². The fourth-order valence-corrected chi connectivity index (χ4v) is 3.78. The molecule has 0 saturated carbocycles. The number of hydrogen-bond acceptors (Lipinski definition) is 6. The Balaban J connectivity index is 0.00000141. The van der Waals surface area contributed by atoms with Gasteiger partial charge in [0.05, 0.1) is 19.5 Å². The lowest BCUT2D eigenvalue weighted by molar-refractivity contribution is -0.128. The van der Waals surface area contributed by atoms with Crippen LogP contribution in [-0.2, 0) is 11.3 Å². The molecule has 1 amide bonds. The number of hydrogen-bond donors (Lipinski definition) is 0. The second-order valence-corrected chi connectivity index (χ2v) is 7.63. The number of carbonyl (C=O) groups is 1. The number of carbonyl (C=O) groups excluding carboxylic acids is 1. The number of halogens is 1. The van der Waals surface area contributed by atoms with Crippen LogP contribution in [0.2, 0.25) is 5.15 Å². The number of ether oxygens (including phenoxy) is 2. The molecule has 1 saturated heterocycles. The summed E-state index contributed by atoms with van der Waals surface area (Å²) in [7, 11) is 1.62. The highest BCUT2D eigenvalue weighted by Gasteiger charge is 2.34. The van der Waals surface area contributed by atoms with E-state index in [9.17, 15) is 10.1 Å². The average molecular weight is 456 g/mol. The molecule has 0 radical (unpaired) electrons. The van der Waals surface area contributed by atoms with E-state index in [0.29, 0.717) is 30.6 Å². The van der Waals surface area contributed by atoms with Crippen molar-refractivity contribution >= 4 is 23.0 Å². The molecule has 2 aromatic heterocycles. The third kappa shape index (κ3) is 4.94. The van der Waals surface area contributed by atoms with Crippen LogP contribution in [0.25, 0.3) is 5.52 Å². The smallest absolute Gasteiger partial charge is 0.243 e. The molecule has 1 aromatic carbocycles. The van der Waals surface area contributed by atoms with Crippen LogP contribution >= 0.6 is 11.6 Å². The lowest BCUT2D eigenvalue weighted by Gasteiger charge is -2.21. The predicted molar refractivity (Wildman–Crippen MR) is 121 cm³/mol. The zero-order chi connectivity index (χ0) is 23.3. The number of benzene rings is 1. The standard InChI is InChI=1S/C21H20ClN5O3.C2H6/c1-13(30-21-20-16(8-23)9-24-27(20)12-18(22)25-21)15-7-19(28)26(11-15)10-14-3-5-17(29-2)6-4-14;1-2/h3-6,9,12-13,15H,7,10-11H2,1-2H3;1-2H3. The van der Waals surface area contributed by atoms with Crippen molar-refractivity contribution in [3.8, 4) is 17.7 Å². The quantitative estimate of drug-likeness (QED) is 0.555. The average Bonchev–Trinajstić information content (AvgIpc) is 3.39.